The van der Waals surface area contributed by atoms with E-state index in [1.54, 1.807) is 0 Å². The summed E-state index contributed by atoms with van der Waals surface area (Å²) >= 11 is 1.48. The second kappa shape index (κ2) is 13.0. The molecule has 1 heterocycles. The minimum Gasteiger partial charge on any atom is -0.380 e. The summed E-state index contributed by atoms with van der Waals surface area (Å²) in [7, 11) is -10.3. The first-order valence-corrected chi connectivity index (χ1v) is 16.1. The van der Waals surface area contributed by atoms with Crippen LogP contribution in [-0.2, 0) is 24.6 Å². The fourth-order valence-corrected chi connectivity index (χ4v) is 6.71. The fraction of sp³-hybridized carbons (Fsp3) is 0.500. The zero-order chi connectivity index (χ0) is 28.0. The van der Waals surface area contributed by atoms with Crippen LogP contribution in [0.25, 0.3) is 0 Å². The number of halogens is 3. The summed E-state index contributed by atoms with van der Waals surface area (Å²) in [6.45, 7) is 4.89. The second-order valence-electron chi connectivity index (χ2n) is 8.90. The van der Waals surface area contributed by atoms with E-state index in [0.29, 0.717) is 31.4 Å². The normalized spacial score (nSPS) is 16.9. The number of ether oxygens (including phenoxy) is 1. The average molecular weight is 596 g/mol. The Morgan fingerprint density at radius 2 is 1.76 bits per heavy atom. The van der Waals surface area contributed by atoms with Crippen LogP contribution in [0.4, 0.5) is 18.9 Å². The van der Waals surface area contributed by atoms with E-state index in [9.17, 15) is 30.0 Å². The molecule has 1 saturated heterocycles. The van der Waals surface area contributed by atoms with E-state index >= 15 is 0 Å². The molecule has 3 N–H and O–H groups in total. The highest BCUT2D eigenvalue weighted by Gasteiger charge is 2.48. The number of alkyl halides is 3. The van der Waals surface area contributed by atoms with Gasteiger partial charge in [-0.15, -0.1) is 11.8 Å². The van der Waals surface area contributed by atoms with Crippen molar-refractivity contribution in [2.75, 3.05) is 37.3 Å². The Morgan fingerprint density at radius 1 is 1.11 bits per heavy atom. The molecule has 2 aromatic rings. The minimum atomic E-state index is -5.86. The number of nitrogens with one attached hydrogen (secondary N) is 1. The molecular weight excluding hydrogens is 563 g/mol. The lowest BCUT2D eigenvalue weighted by Crippen LogP contribution is -2.39. The van der Waals surface area contributed by atoms with E-state index in [1.165, 1.54) is 11.8 Å². The summed E-state index contributed by atoms with van der Waals surface area (Å²) in [6.07, 6.45) is 2.49. The fourth-order valence-electron chi connectivity index (χ4n) is 4.15. The number of nitrogens with zero attached hydrogens (tertiary/aromatic N) is 1. The first kappa shape index (κ1) is 30.7. The molecule has 3 rings (SSSR count). The zero-order valence-electron chi connectivity index (χ0n) is 20.9. The highest BCUT2D eigenvalue weighted by Crippen LogP contribution is 2.36. The van der Waals surface area contributed by atoms with Gasteiger partial charge in [0, 0.05) is 42.9 Å². The molecule has 0 radical (unpaired) electrons. The highest BCUT2D eigenvalue weighted by atomic mass is 32.2. The molecule has 212 valence electrons. The number of likely N-dealkylation sites (tertiary alicyclic amines) is 1. The van der Waals surface area contributed by atoms with Crippen LogP contribution in [0.1, 0.15) is 26.2 Å². The predicted molar refractivity (Wildman–Crippen MR) is 141 cm³/mol. The second-order valence-corrected chi connectivity index (χ2v) is 13.5. The van der Waals surface area contributed by atoms with E-state index in [0.717, 1.165) is 43.0 Å². The Labute approximate surface area is 226 Å². The van der Waals surface area contributed by atoms with Gasteiger partial charge in [0.2, 0.25) is 10.0 Å². The molecule has 38 heavy (non-hydrogen) atoms. The lowest BCUT2D eigenvalue weighted by molar-refractivity contribution is -0.0435. The van der Waals surface area contributed by atoms with Gasteiger partial charge in [-0.3, -0.25) is 0 Å². The number of rotatable bonds is 12. The van der Waals surface area contributed by atoms with Crippen molar-refractivity contribution in [2.24, 2.45) is 5.14 Å². The topological polar surface area (TPSA) is 119 Å². The summed E-state index contributed by atoms with van der Waals surface area (Å²) in [6, 6.07) is 11.5. The number of primary sulfonamides is 1. The maximum atomic E-state index is 13.5. The van der Waals surface area contributed by atoms with Gasteiger partial charge in [-0.05, 0) is 56.5 Å². The van der Waals surface area contributed by atoms with E-state index in [1.807, 2.05) is 37.3 Å². The van der Waals surface area contributed by atoms with Gasteiger partial charge in [-0.25, -0.2) is 22.0 Å². The van der Waals surface area contributed by atoms with Crippen molar-refractivity contribution in [1.82, 2.24) is 4.90 Å². The molecule has 0 unspecified atom stereocenters. The van der Waals surface area contributed by atoms with Gasteiger partial charge in [0.05, 0.1) is 16.7 Å². The van der Waals surface area contributed by atoms with Gasteiger partial charge in [0.15, 0.2) is 0 Å². The number of benzene rings is 2. The van der Waals surface area contributed by atoms with Crippen molar-refractivity contribution in [3.8, 4) is 0 Å². The van der Waals surface area contributed by atoms with Crippen molar-refractivity contribution in [3.05, 3.63) is 48.5 Å². The maximum Gasteiger partial charge on any atom is 0.501 e. The Morgan fingerprint density at radius 3 is 2.34 bits per heavy atom. The molecule has 0 spiro atoms. The molecule has 0 aliphatic carbocycles. The van der Waals surface area contributed by atoms with Gasteiger partial charge < -0.3 is 15.0 Å². The van der Waals surface area contributed by atoms with Crippen LogP contribution in [0.5, 0.6) is 0 Å². The van der Waals surface area contributed by atoms with Crippen LogP contribution >= 0.6 is 11.8 Å². The molecular formula is C24H32F3N3O5S3. The highest BCUT2D eigenvalue weighted by molar-refractivity contribution is 7.99. The Balaban J connectivity index is 1.85. The van der Waals surface area contributed by atoms with Crippen LogP contribution in [0.2, 0.25) is 0 Å². The van der Waals surface area contributed by atoms with Crippen LogP contribution in [-0.4, -0.2) is 71.4 Å². The number of nitrogens with two attached hydrogens (primary N) is 1. The standard InChI is InChI=1S/C24H32F3N3O5S3/c1-2-35-19-11-14-30(15-12-19)13-10-18(17-36-20-6-4-3-5-7-20)29-22-9-8-21(38(28,33)34)16-23(22)37(31,32)24(25,26)27/h3-9,16,18-19,29H,2,10-15,17H2,1H3,(H2,28,33,34)/t18-/m1/s1. The van der Waals surface area contributed by atoms with Crippen LogP contribution in [0, 0.1) is 0 Å². The molecule has 0 bridgehead atoms. The molecule has 0 aromatic heterocycles. The predicted octanol–water partition coefficient (Wildman–Crippen LogP) is 4.09. The van der Waals surface area contributed by atoms with Gasteiger partial charge in [0.25, 0.3) is 9.84 Å². The van der Waals surface area contributed by atoms with E-state index in [-0.39, 0.29) is 11.8 Å². The number of hydrogen-bond donors (Lipinski definition) is 2. The quantitative estimate of drug-likeness (QED) is 0.353. The molecule has 1 aliphatic heterocycles. The number of anilines is 1. The first-order valence-electron chi connectivity index (χ1n) is 12.1. The molecule has 0 saturated carbocycles. The third-order valence-corrected chi connectivity index (χ3v) is 9.77. The van der Waals surface area contributed by atoms with Gasteiger partial charge in [0.1, 0.15) is 4.90 Å². The zero-order valence-corrected chi connectivity index (χ0v) is 23.3. The summed E-state index contributed by atoms with van der Waals surface area (Å²) in [5, 5.41) is 8.01. The van der Waals surface area contributed by atoms with Gasteiger partial charge in [-0.2, -0.15) is 13.2 Å². The smallest absolute Gasteiger partial charge is 0.380 e. The van der Waals surface area contributed by atoms with Crippen molar-refractivity contribution >= 4 is 37.3 Å². The molecule has 1 aliphatic rings. The van der Waals surface area contributed by atoms with E-state index in [4.69, 9.17) is 9.88 Å². The van der Waals surface area contributed by atoms with Crippen LogP contribution in [0.3, 0.4) is 0 Å². The summed E-state index contributed by atoms with van der Waals surface area (Å²) in [4.78, 5) is 1.29. The largest absolute Gasteiger partial charge is 0.501 e. The first-order chi connectivity index (χ1) is 17.8. The SMILES string of the molecule is CCOC1CCN(CC[C@H](CSc2ccccc2)Nc2ccc(S(N)(=O)=O)cc2S(=O)(=O)C(F)(F)F)CC1. The van der Waals surface area contributed by atoms with Crippen molar-refractivity contribution in [3.63, 3.8) is 0 Å². The third-order valence-electron chi connectivity index (χ3n) is 6.16. The Kier molecular flexibility index (Phi) is 10.5. The van der Waals surface area contributed by atoms with Crippen LogP contribution < -0.4 is 10.5 Å². The van der Waals surface area contributed by atoms with E-state index < -0.39 is 41.2 Å². The minimum absolute atomic E-state index is 0.214. The van der Waals surface area contributed by atoms with Gasteiger partial charge in [-0.1, -0.05) is 18.2 Å². The molecule has 8 nitrogen and oxygen atoms in total. The summed E-state index contributed by atoms with van der Waals surface area (Å²) in [5.41, 5.74) is -5.96. The molecule has 0 amide bonds. The molecule has 2 aromatic carbocycles. The van der Waals surface area contributed by atoms with Crippen LogP contribution in [0.15, 0.2) is 63.2 Å². The van der Waals surface area contributed by atoms with Crippen molar-refractivity contribution < 1.29 is 34.7 Å². The van der Waals surface area contributed by atoms with Crippen molar-refractivity contribution in [1.29, 1.82) is 0 Å². The lowest BCUT2D eigenvalue weighted by Gasteiger charge is -2.33. The third kappa shape index (κ3) is 8.33. The molecule has 1 atom stereocenters. The maximum absolute atomic E-state index is 13.5. The Bertz CT molecular complexity index is 1270. The average Bonchev–Trinajstić information content (AvgIpc) is 2.86. The molecule has 14 heteroatoms. The van der Waals surface area contributed by atoms with Crippen molar-refractivity contribution in [2.45, 2.75) is 58.5 Å². The number of thioether (sulfide) groups is 1. The van der Waals surface area contributed by atoms with E-state index in [2.05, 4.69) is 10.2 Å². The number of sulfone groups is 1. The molecule has 1 fully saturated rings. The monoisotopic (exact) mass is 595 g/mol. The number of piperidine rings is 1. The number of sulfonamides is 1. The number of hydrogen-bond acceptors (Lipinski definition) is 8. The van der Waals surface area contributed by atoms with Gasteiger partial charge >= 0.3 is 5.51 Å². The Hall–Kier alpha value is -1.84. The summed E-state index contributed by atoms with van der Waals surface area (Å²) < 4.78 is 94.4. The lowest BCUT2D eigenvalue weighted by atomic mass is 10.1. The summed E-state index contributed by atoms with van der Waals surface area (Å²) in [5.74, 6) is 0.432.